The van der Waals surface area contributed by atoms with E-state index in [1.54, 1.807) is 18.2 Å². The Morgan fingerprint density at radius 1 is 1.59 bits per heavy atom. The topological polar surface area (TPSA) is 72.5 Å². The van der Waals surface area contributed by atoms with Crippen LogP contribution in [0.2, 0.25) is 0 Å². The average Bonchev–Trinajstić information content (AvgIpc) is 2.28. The summed E-state index contributed by atoms with van der Waals surface area (Å²) < 4.78 is 17.7. The van der Waals surface area contributed by atoms with Crippen LogP contribution in [0.3, 0.4) is 0 Å². The molecule has 94 valence electrons. The zero-order valence-electron chi connectivity index (χ0n) is 9.03. The lowest BCUT2D eigenvalue weighted by Gasteiger charge is -2.10. The fourth-order valence-electron chi connectivity index (χ4n) is 1.28. The molecule has 4 nitrogen and oxygen atoms in total. The molecular weight excluding hydrogens is 293 g/mol. The van der Waals surface area contributed by atoms with E-state index in [0.717, 1.165) is 5.56 Å². The van der Waals surface area contributed by atoms with Gasteiger partial charge in [-0.05, 0) is 40.0 Å². The lowest BCUT2D eigenvalue weighted by molar-refractivity contribution is -0.138. The van der Waals surface area contributed by atoms with Crippen molar-refractivity contribution in [2.24, 2.45) is 5.73 Å². The average molecular weight is 306 g/mol. The molecule has 1 unspecified atom stereocenters. The van der Waals surface area contributed by atoms with Crippen molar-refractivity contribution >= 4 is 21.9 Å². The van der Waals surface area contributed by atoms with E-state index in [1.165, 1.54) is 0 Å². The lowest BCUT2D eigenvalue weighted by atomic mass is 10.1. The highest BCUT2D eigenvalue weighted by molar-refractivity contribution is 9.10. The predicted octanol–water partition coefficient (Wildman–Crippen LogP) is 1.75. The van der Waals surface area contributed by atoms with Crippen LogP contribution in [0.1, 0.15) is 5.56 Å². The van der Waals surface area contributed by atoms with E-state index in [4.69, 9.17) is 15.6 Å². The molecule has 1 rings (SSSR count). The van der Waals surface area contributed by atoms with E-state index in [9.17, 15) is 9.18 Å². The van der Waals surface area contributed by atoms with Crippen LogP contribution in [0.25, 0.3) is 0 Å². The normalized spacial score (nSPS) is 12.2. The molecule has 0 aliphatic carbocycles. The second-order valence-electron chi connectivity index (χ2n) is 3.45. The summed E-state index contributed by atoms with van der Waals surface area (Å²) in [5, 5.41) is 8.68. The van der Waals surface area contributed by atoms with Gasteiger partial charge in [0.2, 0.25) is 0 Å². The van der Waals surface area contributed by atoms with Gasteiger partial charge in [-0.2, -0.15) is 0 Å². The number of halogens is 2. The Morgan fingerprint density at radius 3 is 2.82 bits per heavy atom. The molecule has 0 aliphatic rings. The molecule has 17 heavy (non-hydrogen) atoms. The molecule has 1 aromatic rings. The molecule has 0 aromatic heterocycles. The van der Waals surface area contributed by atoms with Crippen molar-refractivity contribution in [3.63, 3.8) is 0 Å². The zero-order chi connectivity index (χ0) is 12.8. The second kappa shape index (κ2) is 6.56. The van der Waals surface area contributed by atoms with Crippen LogP contribution < -0.4 is 10.5 Å². The number of carboxylic acid groups (broad SMARTS) is 1. The molecule has 0 radical (unpaired) electrons. The van der Waals surface area contributed by atoms with Gasteiger partial charge in [-0.15, -0.1) is 0 Å². The Kier molecular flexibility index (Phi) is 5.37. The minimum atomic E-state index is -1.04. The Balaban J connectivity index is 2.71. The van der Waals surface area contributed by atoms with Gasteiger partial charge < -0.3 is 15.6 Å². The summed E-state index contributed by atoms with van der Waals surface area (Å²) in [6.07, 6.45) is 0.233. The summed E-state index contributed by atoms with van der Waals surface area (Å²) in [7, 11) is 0. The van der Waals surface area contributed by atoms with Crippen molar-refractivity contribution in [1.82, 2.24) is 0 Å². The van der Waals surface area contributed by atoms with Gasteiger partial charge in [0.25, 0.3) is 0 Å². The first kappa shape index (κ1) is 13.9. The number of hydrogen-bond acceptors (Lipinski definition) is 3. The van der Waals surface area contributed by atoms with Crippen LogP contribution in [0.15, 0.2) is 22.7 Å². The Labute approximate surface area is 107 Å². The third kappa shape index (κ3) is 4.32. The number of rotatable bonds is 6. The molecule has 0 heterocycles. The summed E-state index contributed by atoms with van der Waals surface area (Å²) in [5.74, 6) is -0.519. The zero-order valence-corrected chi connectivity index (χ0v) is 10.6. The van der Waals surface area contributed by atoms with Crippen LogP contribution in [-0.4, -0.2) is 30.4 Å². The summed E-state index contributed by atoms with van der Waals surface area (Å²) in [5.41, 5.74) is 6.20. The van der Waals surface area contributed by atoms with Crippen LogP contribution in [-0.2, 0) is 11.2 Å². The molecular formula is C11H13BrFNO3. The highest BCUT2D eigenvalue weighted by atomic mass is 79.9. The van der Waals surface area contributed by atoms with E-state index in [-0.39, 0.29) is 13.0 Å². The molecule has 0 fully saturated rings. The number of benzene rings is 1. The number of carbonyl (C=O) groups is 1. The molecule has 0 saturated heterocycles. The van der Waals surface area contributed by atoms with E-state index in [2.05, 4.69) is 15.9 Å². The van der Waals surface area contributed by atoms with Crippen molar-refractivity contribution in [1.29, 1.82) is 0 Å². The Morgan fingerprint density at radius 2 is 2.29 bits per heavy atom. The third-order valence-corrected chi connectivity index (χ3v) is 2.72. The third-order valence-electron chi connectivity index (χ3n) is 2.10. The molecule has 0 bridgehead atoms. The Bertz CT molecular complexity index is 400. The highest BCUT2D eigenvalue weighted by Crippen LogP contribution is 2.26. The van der Waals surface area contributed by atoms with E-state index >= 15 is 0 Å². The van der Waals surface area contributed by atoms with Gasteiger partial charge in [-0.1, -0.05) is 6.07 Å². The minimum Gasteiger partial charge on any atom is -0.490 e. The van der Waals surface area contributed by atoms with Gasteiger partial charge in [-0.3, -0.25) is 4.79 Å². The van der Waals surface area contributed by atoms with E-state index < -0.39 is 18.7 Å². The second-order valence-corrected chi connectivity index (χ2v) is 4.31. The molecule has 1 aromatic carbocycles. The fraction of sp³-hybridized carbons (Fsp3) is 0.364. The first-order valence-electron chi connectivity index (χ1n) is 5.00. The van der Waals surface area contributed by atoms with E-state index in [0.29, 0.717) is 10.2 Å². The van der Waals surface area contributed by atoms with Crippen molar-refractivity contribution in [2.45, 2.75) is 12.5 Å². The molecule has 0 spiro atoms. The lowest BCUT2D eigenvalue weighted by Crippen LogP contribution is -2.32. The maximum absolute atomic E-state index is 11.9. The summed E-state index contributed by atoms with van der Waals surface area (Å²) >= 11 is 3.27. The van der Waals surface area contributed by atoms with Gasteiger partial charge in [0.1, 0.15) is 25.1 Å². The number of alkyl halides is 1. The number of hydrogen-bond donors (Lipinski definition) is 2. The number of ether oxygens (including phenoxy) is 1. The largest absolute Gasteiger partial charge is 0.490 e. The summed E-state index contributed by atoms with van der Waals surface area (Å²) in [6, 6.07) is 4.15. The van der Waals surface area contributed by atoms with Crippen molar-refractivity contribution in [3.8, 4) is 5.75 Å². The van der Waals surface area contributed by atoms with Gasteiger partial charge in [0.15, 0.2) is 0 Å². The highest BCUT2D eigenvalue weighted by Gasteiger charge is 2.13. The maximum atomic E-state index is 11.9. The maximum Gasteiger partial charge on any atom is 0.320 e. The number of aliphatic carboxylic acids is 1. The fourth-order valence-corrected chi connectivity index (χ4v) is 1.82. The molecule has 1 atom stereocenters. The molecule has 0 saturated carbocycles. The molecule has 6 heteroatoms. The monoisotopic (exact) mass is 305 g/mol. The van der Waals surface area contributed by atoms with Crippen LogP contribution in [0.4, 0.5) is 4.39 Å². The van der Waals surface area contributed by atoms with Gasteiger partial charge >= 0.3 is 5.97 Å². The van der Waals surface area contributed by atoms with Crippen molar-refractivity contribution in [2.75, 3.05) is 13.3 Å². The number of carboxylic acids is 1. The smallest absolute Gasteiger partial charge is 0.320 e. The SMILES string of the molecule is NC(Cc1ccc(OCCF)c(Br)c1)C(=O)O. The predicted molar refractivity (Wildman–Crippen MR) is 64.9 cm³/mol. The van der Waals surface area contributed by atoms with Gasteiger partial charge in [-0.25, -0.2) is 4.39 Å². The van der Waals surface area contributed by atoms with E-state index in [1.807, 2.05) is 0 Å². The van der Waals surface area contributed by atoms with Crippen molar-refractivity contribution in [3.05, 3.63) is 28.2 Å². The quantitative estimate of drug-likeness (QED) is 0.840. The van der Waals surface area contributed by atoms with Gasteiger partial charge in [0.05, 0.1) is 4.47 Å². The standard InChI is InChI=1S/C11H13BrFNO3/c12-8-5-7(6-9(14)11(15)16)1-2-10(8)17-4-3-13/h1-2,5,9H,3-4,6,14H2,(H,15,16). The molecule has 3 N–H and O–H groups in total. The number of nitrogens with two attached hydrogens (primary N) is 1. The first-order valence-corrected chi connectivity index (χ1v) is 5.79. The summed E-state index contributed by atoms with van der Waals surface area (Å²) in [6.45, 7) is -0.565. The first-order chi connectivity index (χ1) is 8.04. The van der Waals surface area contributed by atoms with Crippen LogP contribution in [0.5, 0.6) is 5.75 Å². The molecule has 0 amide bonds. The van der Waals surface area contributed by atoms with Gasteiger partial charge in [0, 0.05) is 0 Å². The minimum absolute atomic E-state index is 0.00735. The summed E-state index contributed by atoms with van der Waals surface area (Å²) in [4.78, 5) is 10.6. The Hall–Kier alpha value is -1.14. The molecule has 0 aliphatic heterocycles. The van der Waals surface area contributed by atoms with Crippen LogP contribution in [0, 0.1) is 0 Å². The van der Waals surface area contributed by atoms with Crippen molar-refractivity contribution < 1.29 is 19.0 Å². The van der Waals surface area contributed by atoms with Crippen LogP contribution >= 0.6 is 15.9 Å².